The van der Waals surface area contributed by atoms with Crippen molar-refractivity contribution in [2.45, 2.75) is 0 Å². The number of hydrogen-bond acceptors (Lipinski definition) is 4. The Morgan fingerprint density at radius 2 is 0.690 bits per heavy atom. The predicted molar refractivity (Wildman–Crippen MR) is 241 cm³/mol. The van der Waals surface area contributed by atoms with Crippen LogP contribution in [-0.4, -0.2) is 0 Å². The van der Waals surface area contributed by atoms with E-state index in [-0.39, 0.29) is 0 Å². The fourth-order valence-corrected chi connectivity index (χ4v) is 8.29. The smallest absolute Gasteiger partial charge is 0.138 e. The van der Waals surface area contributed by atoms with E-state index in [2.05, 4.69) is 204 Å². The van der Waals surface area contributed by atoms with Crippen molar-refractivity contribution < 1.29 is 8.83 Å². The third kappa shape index (κ3) is 5.87. The molecular weight excluding hydrogens is 709 g/mol. The Hall–Kier alpha value is -7.82. The van der Waals surface area contributed by atoms with Gasteiger partial charge in [-0.15, -0.1) is 0 Å². The van der Waals surface area contributed by atoms with E-state index >= 15 is 0 Å². The summed E-state index contributed by atoms with van der Waals surface area (Å²) in [5.74, 6) is 0. The summed E-state index contributed by atoms with van der Waals surface area (Å²) < 4.78 is 12.7. The van der Waals surface area contributed by atoms with E-state index in [9.17, 15) is 0 Å². The number of nitrogens with zero attached hydrogens (tertiary/aromatic N) is 2. The summed E-state index contributed by atoms with van der Waals surface area (Å²) in [5, 5.41) is 4.43. The molecule has 0 amide bonds. The van der Waals surface area contributed by atoms with Gasteiger partial charge in [-0.05, 0) is 119 Å². The van der Waals surface area contributed by atoms with Crippen LogP contribution in [0.5, 0.6) is 0 Å². The van der Waals surface area contributed by atoms with Gasteiger partial charge in [0.1, 0.15) is 22.3 Å². The largest absolute Gasteiger partial charge is 0.456 e. The standard InChI is InChI=1S/C54H36N2O2/c1-4-14-41(15-5-1)55(44-29-24-37(25-30-44)39-28-33-52-48(34-39)46-20-10-12-22-50(46)57-52)45-31-26-38(27-32-45)40-35-49(54-47-21-11-13-23-51(47)58-53(54)36-40)56(42-16-6-2-7-17-42)43-18-8-3-9-19-43/h1-36H. The summed E-state index contributed by atoms with van der Waals surface area (Å²) in [5.41, 5.74) is 14.4. The van der Waals surface area contributed by atoms with Crippen molar-refractivity contribution in [3.63, 3.8) is 0 Å². The minimum atomic E-state index is 0.848. The van der Waals surface area contributed by atoms with Crippen molar-refractivity contribution in [3.8, 4) is 22.3 Å². The molecule has 0 saturated carbocycles. The fraction of sp³-hybridized carbons (Fsp3) is 0. The maximum atomic E-state index is 6.59. The summed E-state index contributed by atoms with van der Waals surface area (Å²) in [7, 11) is 0. The van der Waals surface area contributed by atoms with Crippen LogP contribution in [0, 0.1) is 0 Å². The van der Waals surface area contributed by atoms with Crippen molar-refractivity contribution in [3.05, 3.63) is 218 Å². The number of para-hydroxylation sites is 5. The first kappa shape index (κ1) is 33.5. The highest BCUT2D eigenvalue weighted by Gasteiger charge is 2.21. The van der Waals surface area contributed by atoms with Gasteiger partial charge in [0.05, 0.1) is 11.1 Å². The van der Waals surface area contributed by atoms with Gasteiger partial charge in [-0.1, -0.05) is 121 Å². The van der Waals surface area contributed by atoms with Gasteiger partial charge >= 0.3 is 0 Å². The number of fused-ring (bicyclic) bond motifs is 6. The lowest BCUT2D eigenvalue weighted by Crippen LogP contribution is -2.10. The van der Waals surface area contributed by atoms with E-state index in [1.165, 1.54) is 0 Å². The molecule has 0 aliphatic rings. The van der Waals surface area contributed by atoms with Gasteiger partial charge in [-0.25, -0.2) is 0 Å². The Bertz CT molecular complexity index is 3170. The molecule has 0 spiro atoms. The SMILES string of the molecule is c1ccc(N(c2ccc(-c3cc(N(c4ccccc4)c4ccccc4)c4c(c3)oc3ccccc34)cc2)c2ccc(-c3ccc4oc5ccccc5c4c3)cc2)cc1. The second kappa shape index (κ2) is 14.0. The summed E-state index contributed by atoms with van der Waals surface area (Å²) in [6.07, 6.45) is 0. The van der Waals surface area contributed by atoms with Crippen LogP contribution in [-0.2, 0) is 0 Å². The molecule has 58 heavy (non-hydrogen) atoms. The molecule has 0 atom stereocenters. The van der Waals surface area contributed by atoms with Crippen molar-refractivity contribution >= 4 is 78.0 Å². The quantitative estimate of drug-likeness (QED) is 0.155. The molecule has 2 aromatic heterocycles. The molecule has 4 nitrogen and oxygen atoms in total. The summed E-state index contributed by atoms with van der Waals surface area (Å²) >= 11 is 0. The lowest BCUT2D eigenvalue weighted by Gasteiger charge is -2.27. The monoisotopic (exact) mass is 744 g/mol. The second-order valence-electron chi connectivity index (χ2n) is 14.5. The highest BCUT2D eigenvalue weighted by Crippen LogP contribution is 2.46. The summed E-state index contributed by atoms with van der Waals surface area (Å²) in [4.78, 5) is 4.64. The molecule has 0 bridgehead atoms. The lowest BCUT2D eigenvalue weighted by molar-refractivity contribution is 0.668. The third-order valence-corrected chi connectivity index (χ3v) is 11.0. The molecule has 0 unspecified atom stereocenters. The lowest BCUT2D eigenvalue weighted by atomic mass is 9.99. The molecule has 0 aliphatic carbocycles. The van der Waals surface area contributed by atoms with Gasteiger partial charge in [0.2, 0.25) is 0 Å². The number of benzene rings is 9. The Kier molecular flexibility index (Phi) is 8.11. The summed E-state index contributed by atoms with van der Waals surface area (Å²) in [6.45, 7) is 0. The minimum Gasteiger partial charge on any atom is -0.456 e. The molecule has 11 aromatic rings. The Morgan fingerprint density at radius 1 is 0.259 bits per heavy atom. The first-order valence-corrected chi connectivity index (χ1v) is 19.6. The van der Waals surface area contributed by atoms with Gasteiger partial charge in [0.25, 0.3) is 0 Å². The van der Waals surface area contributed by atoms with Crippen molar-refractivity contribution in [1.82, 2.24) is 0 Å². The first-order chi connectivity index (χ1) is 28.7. The molecule has 2 heterocycles. The highest BCUT2D eigenvalue weighted by molar-refractivity contribution is 6.14. The van der Waals surface area contributed by atoms with E-state index in [0.717, 1.165) is 100 Å². The molecule has 9 aromatic carbocycles. The van der Waals surface area contributed by atoms with Gasteiger partial charge in [-0.2, -0.15) is 0 Å². The van der Waals surface area contributed by atoms with E-state index in [0.29, 0.717) is 0 Å². The van der Waals surface area contributed by atoms with Crippen LogP contribution < -0.4 is 9.80 Å². The first-order valence-electron chi connectivity index (χ1n) is 19.6. The van der Waals surface area contributed by atoms with Gasteiger partial charge in [-0.3, -0.25) is 0 Å². The second-order valence-corrected chi connectivity index (χ2v) is 14.5. The Labute approximate surface area is 336 Å². The number of rotatable bonds is 8. The molecule has 0 aliphatic heterocycles. The minimum absolute atomic E-state index is 0.848. The molecule has 4 heteroatoms. The molecule has 11 rings (SSSR count). The summed E-state index contributed by atoms with van der Waals surface area (Å²) in [6, 6.07) is 76.8. The number of anilines is 6. The van der Waals surface area contributed by atoms with Crippen LogP contribution in [0.15, 0.2) is 227 Å². The van der Waals surface area contributed by atoms with Gasteiger partial charge < -0.3 is 18.6 Å². The van der Waals surface area contributed by atoms with E-state index in [4.69, 9.17) is 8.83 Å². The van der Waals surface area contributed by atoms with Crippen molar-refractivity contribution in [2.24, 2.45) is 0 Å². The third-order valence-electron chi connectivity index (χ3n) is 11.0. The van der Waals surface area contributed by atoms with Crippen LogP contribution in [0.2, 0.25) is 0 Å². The van der Waals surface area contributed by atoms with Crippen LogP contribution >= 0.6 is 0 Å². The molecule has 0 saturated heterocycles. The molecule has 0 radical (unpaired) electrons. The van der Waals surface area contributed by atoms with E-state index in [1.54, 1.807) is 0 Å². The van der Waals surface area contributed by atoms with Gasteiger partial charge in [0, 0.05) is 44.6 Å². The maximum absolute atomic E-state index is 6.59. The number of furan rings is 2. The number of hydrogen-bond donors (Lipinski definition) is 0. The Balaban J connectivity index is 0.995. The molecule has 0 fully saturated rings. The predicted octanol–water partition coefficient (Wildman–Crippen LogP) is 15.8. The average molecular weight is 745 g/mol. The van der Waals surface area contributed by atoms with Crippen molar-refractivity contribution in [2.75, 3.05) is 9.80 Å². The van der Waals surface area contributed by atoms with Crippen LogP contribution in [0.4, 0.5) is 34.1 Å². The highest BCUT2D eigenvalue weighted by atomic mass is 16.3. The molecule has 0 N–H and O–H groups in total. The van der Waals surface area contributed by atoms with E-state index < -0.39 is 0 Å². The van der Waals surface area contributed by atoms with Crippen LogP contribution in [0.25, 0.3) is 66.1 Å². The normalized spacial score (nSPS) is 11.4. The average Bonchev–Trinajstić information content (AvgIpc) is 3.86. The zero-order valence-electron chi connectivity index (χ0n) is 31.5. The van der Waals surface area contributed by atoms with Crippen molar-refractivity contribution in [1.29, 1.82) is 0 Å². The fourth-order valence-electron chi connectivity index (χ4n) is 8.29. The maximum Gasteiger partial charge on any atom is 0.138 e. The van der Waals surface area contributed by atoms with E-state index in [1.807, 2.05) is 24.3 Å². The Morgan fingerprint density at radius 3 is 1.29 bits per heavy atom. The van der Waals surface area contributed by atoms with Crippen LogP contribution in [0.3, 0.4) is 0 Å². The zero-order valence-corrected chi connectivity index (χ0v) is 31.5. The van der Waals surface area contributed by atoms with Crippen LogP contribution in [0.1, 0.15) is 0 Å². The molecule has 274 valence electrons. The zero-order chi connectivity index (χ0) is 38.4. The van der Waals surface area contributed by atoms with Gasteiger partial charge in [0.15, 0.2) is 0 Å². The molecular formula is C54H36N2O2. The topological polar surface area (TPSA) is 32.8 Å².